The number of benzene rings is 1. The van der Waals surface area contributed by atoms with Gasteiger partial charge in [0.05, 0.1) is 0 Å². The zero-order valence-corrected chi connectivity index (χ0v) is 8.97. The molecule has 0 spiro atoms. The SMILES string of the molecule is Cc1cc(C(=O)Nn2cccc2)ccc1N. The van der Waals surface area contributed by atoms with Gasteiger partial charge in [-0.05, 0) is 42.8 Å². The summed E-state index contributed by atoms with van der Waals surface area (Å²) in [6.45, 7) is 1.88. The molecule has 0 fully saturated rings. The van der Waals surface area contributed by atoms with Crippen molar-refractivity contribution < 1.29 is 4.79 Å². The summed E-state index contributed by atoms with van der Waals surface area (Å²) in [7, 11) is 0. The molecule has 0 bridgehead atoms. The smallest absolute Gasteiger partial charge is 0.270 e. The lowest BCUT2D eigenvalue weighted by Crippen LogP contribution is -2.21. The van der Waals surface area contributed by atoms with Crippen LogP contribution < -0.4 is 11.2 Å². The van der Waals surface area contributed by atoms with Gasteiger partial charge in [0, 0.05) is 23.6 Å². The van der Waals surface area contributed by atoms with Gasteiger partial charge in [-0.2, -0.15) is 0 Å². The zero-order valence-electron chi connectivity index (χ0n) is 8.97. The number of amides is 1. The molecule has 2 rings (SSSR count). The molecule has 0 saturated heterocycles. The Morgan fingerprint density at radius 2 is 2.00 bits per heavy atom. The summed E-state index contributed by atoms with van der Waals surface area (Å²) in [6.07, 6.45) is 3.53. The molecular formula is C12H13N3O. The molecule has 1 amide bonds. The van der Waals surface area contributed by atoms with Crippen LogP contribution in [0.4, 0.5) is 5.69 Å². The number of carbonyl (C=O) groups is 1. The fourth-order valence-corrected chi connectivity index (χ4v) is 1.41. The van der Waals surface area contributed by atoms with Crippen LogP contribution in [0.1, 0.15) is 15.9 Å². The van der Waals surface area contributed by atoms with Gasteiger partial charge in [0.15, 0.2) is 0 Å². The quantitative estimate of drug-likeness (QED) is 0.750. The van der Waals surface area contributed by atoms with E-state index in [-0.39, 0.29) is 5.91 Å². The highest BCUT2D eigenvalue weighted by Gasteiger charge is 2.06. The number of aryl methyl sites for hydroxylation is 1. The molecular weight excluding hydrogens is 202 g/mol. The molecule has 0 radical (unpaired) electrons. The van der Waals surface area contributed by atoms with E-state index in [0.717, 1.165) is 5.56 Å². The second-order valence-electron chi connectivity index (χ2n) is 3.60. The summed E-state index contributed by atoms with van der Waals surface area (Å²) < 4.78 is 1.61. The Hall–Kier alpha value is -2.23. The van der Waals surface area contributed by atoms with Gasteiger partial charge >= 0.3 is 0 Å². The van der Waals surface area contributed by atoms with Crippen LogP contribution >= 0.6 is 0 Å². The van der Waals surface area contributed by atoms with Gasteiger partial charge in [-0.15, -0.1) is 0 Å². The van der Waals surface area contributed by atoms with Crippen molar-refractivity contribution in [2.75, 3.05) is 11.2 Å². The first-order chi connectivity index (χ1) is 7.66. The zero-order chi connectivity index (χ0) is 11.5. The van der Waals surface area contributed by atoms with E-state index in [2.05, 4.69) is 5.43 Å². The molecule has 4 heteroatoms. The Bertz CT molecular complexity index is 503. The van der Waals surface area contributed by atoms with Crippen molar-refractivity contribution in [1.82, 2.24) is 4.68 Å². The van der Waals surface area contributed by atoms with Crippen molar-refractivity contribution in [3.63, 3.8) is 0 Å². The number of aromatic nitrogens is 1. The highest BCUT2D eigenvalue weighted by Crippen LogP contribution is 2.12. The lowest BCUT2D eigenvalue weighted by molar-refractivity contribution is 0.101. The average molecular weight is 215 g/mol. The Morgan fingerprint density at radius 1 is 1.31 bits per heavy atom. The maximum absolute atomic E-state index is 11.8. The molecule has 82 valence electrons. The molecule has 0 aliphatic heterocycles. The third-order valence-corrected chi connectivity index (χ3v) is 2.37. The van der Waals surface area contributed by atoms with Gasteiger partial charge in [0.25, 0.3) is 5.91 Å². The normalized spacial score (nSPS) is 10.1. The number of rotatable bonds is 2. The number of carbonyl (C=O) groups excluding carboxylic acids is 1. The Kier molecular flexibility index (Phi) is 2.64. The van der Waals surface area contributed by atoms with E-state index in [1.165, 1.54) is 0 Å². The average Bonchev–Trinajstić information content (AvgIpc) is 2.74. The first-order valence-electron chi connectivity index (χ1n) is 4.97. The lowest BCUT2D eigenvalue weighted by Gasteiger charge is -2.07. The minimum atomic E-state index is -0.153. The van der Waals surface area contributed by atoms with E-state index in [0.29, 0.717) is 11.3 Å². The second kappa shape index (κ2) is 4.10. The van der Waals surface area contributed by atoms with Crippen LogP contribution in [0.2, 0.25) is 0 Å². The maximum Gasteiger partial charge on any atom is 0.270 e. The topological polar surface area (TPSA) is 60.0 Å². The van der Waals surface area contributed by atoms with E-state index in [9.17, 15) is 4.79 Å². The number of hydrogen-bond donors (Lipinski definition) is 2. The fraction of sp³-hybridized carbons (Fsp3) is 0.0833. The molecule has 2 aromatic rings. The Labute approximate surface area is 93.7 Å². The highest BCUT2D eigenvalue weighted by atomic mass is 16.2. The van der Waals surface area contributed by atoms with Crippen molar-refractivity contribution in [2.45, 2.75) is 6.92 Å². The van der Waals surface area contributed by atoms with Crippen molar-refractivity contribution in [3.8, 4) is 0 Å². The molecule has 4 nitrogen and oxygen atoms in total. The Morgan fingerprint density at radius 3 is 2.62 bits per heavy atom. The predicted octanol–water partition coefficient (Wildman–Crippen LogP) is 1.76. The monoisotopic (exact) mass is 215 g/mol. The van der Waals surface area contributed by atoms with Crippen molar-refractivity contribution in [1.29, 1.82) is 0 Å². The molecule has 1 aromatic carbocycles. The van der Waals surface area contributed by atoms with Gasteiger partial charge in [0.2, 0.25) is 0 Å². The number of nitrogens with zero attached hydrogens (tertiary/aromatic N) is 1. The molecule has 0 aliphatic carbocycles. The number of anilines is 1. The second-order valence-corrected chi connectivity index (χ2v) is 3.60. The summed E-state index contributed by atoms with van der Waals surface area (Å²) in [4.78, 5) is 11.8. The third-order valence-electron chi connectivity index (χ3n) is 2.37. The fourth-order valence-electron chi connectivity index (χ4n) is 1.41. The van der Waals surface area contributed by atoms with E-state index >= 15 is 0 Å². The van der Waals surface area contributed by atoms with Crippen LogP contribution in [-0.2, 0) is 0 Å². The third kappa shape index (κ3) is 2.06. The van der Waals surface area contributed by atoms with Crippen molar-refractivity contribution in [2.24, 2.45) is 0 Å². The maximum atomic E-state index is 11.8. The van der Waals surface area contributed by atoms with Gasteiger partial charge in [-0.1, -0.05) is 0 Å². The number of nitrogen functional groups attached to an aromatic ring is 1. The number of nitrogens with one attached hydrogen (secondary N) is 1. The molecule has 0 aliphatic rings. The summed E-state index contributed by atoms with van der Waals surface area (Å²) in [5.41, 5.74) is 10.6. The van der Waals surface area contributed by atoms with Crippen LogP contribution in [-0.4, -0.2) is 10.6 Å². The first-order valence-corrected chi connectivity index (χ1v) is 4.97. The van der Waals surface area contributed by atoms with Crippen LogP contribution in [0.3, 0.4) is 0 Å². The molecule has 1 heterocycles. The largest absolute Gasteiger partial charge is 0.399 e. The van der Waals surface area contributed by atoms with E-state index in [1.54, 1.807) is 35.3 Å². The number of nitrogens with two attached hydrogens (primary N) is 1. The van der Waals surface area contributed by atoms with Crippen molar-refractivity contribution in [3.05, 3.63) is 53.9 Å². The standard InChI is InChI=1S/C12H13N3O/c1-9-8-10(4-5-11(9)13)12(16)14-15-6-2-3-7-15/h2-8H,13H2,1H3,(H,14,16). The van der Waals surface area contributed by atoms with Gasteiger partial charge in [-0.25, -0.2) is 0 Å². The summed E-state index contributed by atoms with van der Waals surface area (Å²) in [5.74, 6) is -0.153. The molecule has 0 unspecified atom stereocenters. The van der Waals surface area contributed by atoms with Crippen molar-refractivity contribution >= 4 is 11.6 Å². The van der Waals surface area contributed by atoms with Gasteiger partial charge in [0.1, 0.15) is 0 Å². The van der Waals surface area contributed by atoms with Crippen LogP contribution in [0.5, 0.6) is 0 Å². The first kappa shape index (κ1) is 10.3. The van der Waals surface area contributed by atoms with Crippen LogP contribution in [0.25, 0.3) is 0 Å². The van der Waals surface area contributed by atoms with Crippen LogP contribution in [0, 0.1) is 6.92 Å². The molecule has 0 atom stereocenters. The van der Waals surface area contributed by atoms with E-state index < -0.39 is 0 Å². The Balaban J connectivity index is 2.18. The minimum Gasteiger partial charge on any atom is -0.399 e. The molecule has 16 heavy (non-hydrogen) atoms. The van der Waals surface area contributed by atoms with Gasteiger partial charge in [-0.3, -0.25) is 14.9 Å². The number of hydrogen-bond acceptors (Lipinski definition) is 2. The highest BCUT2D eigenvalue weighted by molar-refractivity contribution is 6.00. The molecule has 3 N–H and O–H groups in total. The van der Waals surface area contributed by atoms with E-state index in [1.807, 2.05) is 19.1 Å². The lowest BCUT2D eigenvalue weighted by atomic mass is 10.1. The molecule has 1 aromatic heterocycles. The molecule has 0 saturated carbocycles. The van der Waals surface area contributed by atoms with Gasteiger partial charge < -0.3 is 5.73 Å². The van der Waals surface area contributed by atoms with E-state index in [4.69, 9.17) is 5.73 Å². The summed E-state index contributed by atoms with van der Waals surface area (Å²) in [6, 6.07) is 8.90. The minimum absolute atomic E-state index is 0.153. The summed E-state index contributed by atoms with van der Waals surface area (Å²) in [5, 5.41) is 0. The summed E-state index contributed by atoms with van der Waals surface area (Å²) >= 11 is 0. The predicted molar refractivity (Wildman–Crippen MR) is 63.7 cm³/mol. The van der Waals surface area contributed by atoms with Crippen LogP contribution in [0.15, 0.2) is 42.7 Å².